The van der Waals surface area contributed by atoms with E-state index in [1.54, 1.807) is 6.07 Å². The summed E-state index contributed by atoms with van der Waals surface area (Å²) in [5.74, 6) is -3.12. The zero-order chi connectivity index (χ0) is 29.4. The number of nitrogens with one attached hydrogen (secondary N) is 1. The van der Waals surface area contributed by atoms with Crippen LogP contribution < -0.4 is 26.1 Å². The number of alkyl halides is 3. The predicted octanol–water partition coefficient (Wildman–Crippen LogP) is 4.65. The first-order chi connectivity index (χ1) is 18.8. The van der Waals surface area contributed by atoms with Gasteiger partial charge in [-0.25, -0.2) is 4.39 Å². The van der Waals surface area contributed by atoms with E-state index in [9.17, 15) is 27.6 Å². The average Bonchev–Trinajstić information content (AvgIpc) is 2.88. The van der Waals surface area contributed by atoms with Gasteiger partial charge in [0.25, 0.3) is 5.91 Å². The molecule has 0 unspecified atom stereocenters. The number of nitrogens with two attached hydrogens (primary N) is 1. The number of anilines is 1. The van der Waals surface area contributed by atoms with Crippen molar-refractivity contribution in [3.8, 4) is 5.75 Å². The van der Waals surface area contributed by atoms with Crippen LogP contribution >= 0.6 is 23.2 Å². The minimum absolute atomic E-state index is 0.149. The molecule has 0 saturated carbocycles. The number of carbonyl (C=O) groups is 2. The van der Waals surface area contributed by atoms with Crippen molar-refractivity contribution < 1.29 is 31.9 Å². The molecule has 0 spiro atoms. The van der Waals surface area contributed by atoms with E-state index in [0.29, 0.717) is 28.0 Å². The van der Waals surface area contributed by atoms with Gasteiger partial charge < -0.3 is 25.3 Å². The van der Waals surface area contributed by atoms with Crippen LogP contribution in [0.3, 0.4) is 0 Å². The summed E-state index contributed by atoms with van der Waals surface area (Å²) in [4.78, 5) is 39.4. The number of hydrogen-bond acceptors (Lipinski definition) is 5. The Hall–Kier alpha value is -3.51. The van der Waals surface area contributed by atoms with E-state index in [2.05, 4.69) is 5.32 Å². The van der Waals surface area contributed by atoms with Crippen LogP contribution in [-0.2, 0) is 17.9 Å². The summed E-state index contributed by atoms with van der Waals surface area (Å²) in [6, 6.07) is 5.32. The molecule has 1 saturated heterocycles. The molecule has 14 heteroatoms. The van der Waals surface area contributed by atoms with Crippen LogP contribution in [0.4, 0.5) is 23.2 Å². The van der Waals surface area contributed by atoms with Gasteiger partial charge in [0.1, 0.15) is 17.8 Å². The molecular formula is C26H24Cl2F4N4O4. The van der Waals surface area contributed by atoms with E-state index < -0.39 is 52.6 Å². The molecule has 2 aromatic carbocycles. The molecule has 3 N–H and O–H groups in total. The second kappa shape index (κ2) is 11.5. The summed E-state index contributed by atoms with van der Waals surface area (Å²) >= 11 is 12.0. The molecule has 8 nitrogen and oxygen atoms in total. The Kier molecular flexibility index (Phi) is 8.50. The lowest BCUT2D eigenvalue weighted by molar-refractivity contribution is -0.140. The van der Waals surface area contributed by atoms with E-state index >= 15 is 4.39 Å². The average molecular weight is 603 g/mol. The number of aromatic nitrogens is 1. The van der Waals surface area contributed by atoms with Crippen LogP contribution in [-0.4, -0.2) is 42.8 Å². The van der Waals surface area contributed by atoms with Gasteiger partial charge in [0.05, 0.1) is 18.0 Å². The first-order valence-electron chi connectivity index (χ1n) is 12.1. The molecule has 0 radical (unpaired) electrons. The molecule has 2 amide bonds. The quantitative estimate of drug-likeness (QED) is 0.383. The maximum atomic E-state index is 15.5. The molecule has 214 valence electrons. The van der Waals surface area contributed by atoms with E-state index in [0.717, 1.165) is 19.4 Å². The monoisotopic (exact) mass is 602 g/mol. The van der Waals surface area contributed by atoms with Crippen LogP contribution in [0.5, 0.6) is 5.75 Å². The summed E-state index contributed by atoms with van der Waals surface area (Å²) in [6.07, 6.45) is -3.36. The van der Waals surface area contributed by atoms with Gasteiger partial charge in [-0.15, -0.1) is 0 Å². The lowest BCUT2D eigenvalue weighted by Crippen LogP contribution is -2.39. The third-order valence-corrected chi connectivity index (χ3v) is 7.30. The lowest BCUT2D eigenvalue weighted by atomic mass is 9.95. The Bertz CT molecular complexity index is 1540. The van der Waals surface area contributed by atoms with Crippen molar-refractivity contribution in [1.29, 1.82) is 0 Å². The molecule has 1 fully saturated rings. The number of piperidine rings is 1. The Labute approximate surface area is 235 Å². The SMILES string of the molecule is COc1c(N2CCC(C(N)=O)CC2)c(F)cc2c(=O)c(C(=O)NCc3ccc(Cl)cc3Cl)cn(CC(F)(F)F)c12. The Morgan fingerprint density at radius 2 is 1.85 bits per heavy atom. The number of hydrogen-bond donors (Lipinski definition) is 2. The third-order valence-electron chi connectivity index (χ3n) is 6.71. The van der Waals surface area contributed by atoms with Crippen molar-refractivity contribution in [3.05, 3.63) is 67.7 Å². The maximum Gasteiger partial charge on any atom is 0.406 e. The molecule has 0 bridgehead atoms. The van der Waals surface area contributed by atoms with Crippen molar-refractivity contribution >= 4 is 51.6 Å². The number of pyridine rings is 1. The van der Waals surface area contributed by atoms with Gasteiger partial charge >= 0.3 is 6.18 Å². The van der Waals surface area contributed by atoms with E-state index in [1.807, 2.05) is 0 Å². The standard InChI is InChI=1S/C26H24Cl2F4N4O4/c1-40-23-20-16(9-19(29)21(23)35-6-4-13(5-7-35)24(33)38)22(37)17(11-36(20)12-26(30,31)32)25(39)34-10-14-2-3-15(27)8-18(14)28/h2-3,8-9,11,13H,4-7,10,12H2,1H3,(H2,33,38)(H,34,39). The summed E-state index contributed by atoms with van der Waals surface area (Å²) < 4.78 is 62.5. The topological polar surface area (TPSA) is 107 Å². The second-order valence-corrected chi connectivity index (χ2v) is 10.2. The van der Waals surface area contributed by atoms with Crippen LogP contribution in [0, 0.1) is 11.7 Å². The zero-order valence-corrected chi connectivity index (χ0v) is 22.6. The molecule has 4 rings (SSSR count). The molecular weight excluding hydrogens is 579 g/mol. The lowest BCUT2D eigenvalue weighted by Gasteiger charge is -2.34. The van der Waals surface area contributed by atoms with E-state index in [4.69, 9.17) is 33.7 Å². The van der Waals surface area contributed by atoms with Gasteiger partial charge in [0, 0.05) is 41.8 Å². The first-order valence-corrected chi connectivity index (χ1v) is 12.8. The number of methoxy groups -OCH3 is 1. The predicted molar refractivity (Wildman–Crippen MR) is 143 cm³/mol. The highest BCUT2D eigenvalue weighted by atomic mass is 35.5. The van der Waals surface area contributed by atoms with Crippen LogP contribution in [0.1, 0.15) is 28.8 Å². The summed E-state index contributed by atoms with van der Waals surface area (Å²) in [5, 5.41) is 2.59. The largest absolute Gasteiger partial charge is 0.492 e. The van der Waals surface area contributed by atoms with Crippen LogP contribution in [0.25, 0.3) is 10.9 Å². The minimum Gasteiger partial charge on any atom is -0.492 e. The fourth-order valence-corrected chi connectivity index (χ4v) is 5.25. The normalized spacial score (nSPS) is 14.4. The number of nitrogens with zero attached hydrogens (tertiary/aromatic N) is 2. The highest BCUT2D eigenvalue weighted by Gasteiger charge is 2.33. The van der Waals surface area contributed by atoms with Gasteiger partial charge in [-0.1, -0.05) is 29.3 Å². The minimum atomic E-state index is -4.76. The van der Waals surface area contributed by atoms with Crippen molar-refractivity contribution in [3.63, 3.8) is 0 Å². The number of rotatable bonds is 7. The summed E-state index contributed by atoms with van der Waals surface area (Å²) in [6.45, 7) is -1.37. The molecule has 40 heavy (non-hydrogen) atoms. The Morgan fingerprint density at radius 1 is 1.18 bits per heavy atom. The van der Waals surface area contributed by atoms with E-state index in [1.165, 1.54) is 17.0 Å². The van der Waals surface area contributed by atoms with Gasteiger partial charge in [0.15, 0.2) is 11.6 Å². The molecule has 1 aromatic heterocycles. The number of amides is 2. The number of fused-ring (bicyclic) bond motifs is 1. The van der Waals surface area contributed by atoms with Crippen LogP contribution in [0.2, 0.25) is 10.0 Å². The summed E-state index contributed by atoms with van der Waals surface area (Å²) in [5.41, 5.74) is 3.74. The van der Waals surface area contributed by atoms with Gasteiger partial charge in [-0.3, -0.25) is 14.4 Å². The molecule has 1 aliphatic rings. The van der Waals surface area contributed by atoms with Gasteiger partial charge in [0.2, 0.25) is 11.3 Å². The number of primary amides is 1. The number of benzene rings is 2. The van der Waals surface area contributed by atoms with Gasteiger partial charge in [-0.05, 0) is 36.6 Å². The fraction of sp³-hybridized carbons (Fsp3) is 0.346. The van der Waals surface area contributed by atoms with Crippen molar-refractivity contribution in [1.82, 2.24) is 9.88 Å². The van der Waals surface area contributed by atoms with Gasteiger partial charge in [-0.2, -0.15) is 13.2 Å². The zero-order valence-electron chi connectivity index (χ0n) is 21.1. The van der Waals surface area contributed by atoms with Crippen LogP contribution in [0.15, 0.2) is 35.3 Å². The van der Waals surface area contributed by atoms with E-state index in [-0.39, 0.29) is 41.6 Å². The highest BCUT2D eigenvalue weighted by Crippen LogP contribution is 2.40. The number of ether oxygens (including phenoxy) is 1. The Balaban J connectivity index is 1.81. The molecule has 2 heterocycles. The smallest absolute Gasteiger partial charge is 0.406 e. The molecule has 1 aliphatic heterocycles. The van der Waals surface area contributed by atoms with Crippen molar-refractivity contribution in [2.45, 2.75) is 32.1 Å². The number of carbonyl (C=O) groups excluding carboxylic acids is 2. The molecule has 3 aromatic rings. The van der Waals surface area contributed by atoms with Crippen molar-refractivity contribution in [2.75, 3.05) is 25.1 Å². The molecule has 0 aliphatic carbocycles. The molecule has 0 atom stereocenters. The first kappa shape index (κ1) is 29.5. The Morgan fingerprint density at radius 3 is 2.42 bits per heavy atom. The maximum absolute atomic E-state index is 15.5. The van der Waals surface area contributed by atoms with Crippen molar-refractivity contribution in [2.24, 2.45) is 11.7 Å². The summed E-state index contributed by atoms with van der Waals surface area (Å²) in [7, 11) is 1.15. The second-order valence-electron chi connectivity index (χ2n) is 9.33. The third kappa shape index (κ3) is 6.12. The number of halogens is 6. The fourth-order valence-electron chi connectivity index (χ4n) is 4.78. The highest BCUT2D eigenvalue weighted by molar-refractivity contribution is 6.35.